The van der Waals surface area contributed by atoms with Gasteiger partial charge in [-0.25, -0.2) is 9.97 Å². The lowest BCUT2D eigenvalue weighted by Crippen LogP contribution is -2.16. The maximum atomic E-state index is 12.7. The van der Waals surface area contributed by atoms with E-state index in [0.717, 1.165) is 11.5 Å². The van der Waals surface area contributed by atoms with Crippen molar-refractivity contribution in [2.45, 2.75) is 19.5 Å². The molecule has 0 radical (unpaired) electrons. The van der Waals surface area contributed by atoms with Gasteiger partial charge in [0.25, 0.3) is 0 Å². The van der Waals surface area contributed by atoms with Gasteiger partial charge >= 0.3 is 6.18 Å². The first-order valence-electron chi connectivity index (χ1n) is 6.60. The zero-order valence-electron chi connectivity index (χ0n) is 11.7. The Bertz CT molecular complexity index is 431. The molecule has 120 valence electrons. The Morgan fingerprint density at radius 2 is 1.86 bits per heavy atom. The molecule has 0 saturated heterocycles. The first kappa shape index (κ1) is 17.8. The van der Waals surface area contributed by atoms with Gasteiger partial charge in [-0.1, -0.05) is 0 Å². The highest BCUT2D eigenvalue weighted by atomic mass is 32.2. The molecule has 0 atom stereocenters. The fourth-order valence-electron chi connectivity index (χ4n) is 1.46. The lowest BCUT2D eigenvalue weighted by molar-refractivity contribution is -0.144. The average molecular weight is 324 g/mol. The maximum absolute atomic E-state index is 12.7. The van der Waals surface area contributed by atoms with Gasteiger partial charge in [0.05, 0.1) is 0 Å². The summed E-state index contributed by atoms with van der Waals surface area (Å²) < 4.78 is 38.1. The number of rotatable bonds is 9. The normalized spacial score (nSPS) is 11.5. The second kappa shape index (κ2) is 8.93. The highest BCUT2D eigenvalue weighted by molar-refractivity contribution is 7.99. The molecule has 0 aliphatic carbocycles. The van der Waals surface area contributed by atoms with Gasteiger partial charge in [-0.2, -0.15) is 24.9 Å². The molecule has 1 aromatic rings. The number of alkyl halides is 3. The quantitative estimate of drug-likeness (QED) is 0.606. The van der Waals surface area contributed by atoms with Gasteiger partial charge in [0.1, 0.15) is 11.6 Å². The van der Waals surface area contributed by atoms with Crippen molar-refractivity contribution >= 4 is 23.4 Å². The number of aliphatic hydroxyl groups excluding tert-OH is 1. The van der Waals surface area contributed by atoms with Crippen LogP contribution in [0.25, 0.3) is 0 Å². The van der Waals surface area contributed by atoms with Gasteiger partial charge in [0, 0.05) is 31.5 Å². The Morgan fingerprint density at radius 1 is 1.19 bits per heavy atom. The molecule has 0 spiro atoms. The first-order valence-corrected chi connectivity index (χ1v) is 7.75. The topological polar surface area (TPSA) is 70.1 Å². The van der Waals surface area contributed by atoms with Crippen LogP contribution in [0.15, 0.2) is 6.07 Å². The van der Waals surface area contributed by atoms with Crippen molar-refractivity contribution in [3.8, 4) is 0 Å². The van der Waals surface area contributed by atoms with Gasteiger partial charge in [-0.3, -0.25) is 0 Å². The van der Waals surface area contributed by atoms with Crippen LogP contribution in [-0.4, -0.2) is 46.3 Å². The number of aromatic nitrogens is 2. The molecule has 0 bridgehead atoms. The largest absolute Gasteiger partial charge is 0.451 e. The molecule has 0 aliphatic heterocycles. The van der Waals surface area contributed by atoms with Crippen molar-refractivity contribution in [2.24, 2.45) is 0 Å². The summed E-state index contributed by atoms with van der Waals surface area (Å²) >= 11 is 1.62. The van der Waals surface area contributed by atoms with E-state index in [4.69, 9.17) is 5.11 Å². The molecule has 1 heterocycles. The lowest BCUT2D eigenvalue weighted by Gasteiger charge is -2.12. The molecule has 21 heavy (non-hydrogen) atoms. The number of aliphatic hydroxyl groups is 1. The van der Waals surface area contributed by atoms with Crippen molar-refractivity contribution in [3.63, 3.8) is 0 Å². The third kappa shape index (κ3) is 6.85. The third-order valence-corrected chi connectivity index (χ3v) is 3.41. The lowest BCUT2D eigenvalue weighted by atomic mass is 10.4. The second-order valence-corrected chi connectivity index (χ2v) is 5.33. The minimum Gasteiger partial charge on any atom is -0.396 e. The number of hydrogen-bond donors (Lipinski definition) is 3. The molecule has 3 N–H and O–H groups in total. The average Bonchev–Trinajstić information content (AvgIpc) is 2.42. The zero-order valence-corrected chi connectivity index (χ0v) is 12.5. The standard InChI is InChI=1S/C12H19F3N4OS/c1-2-16-9-8-10(17-4-7-21-6-3-5-20)19-11(18-9)12(13,14)15/h8,20H,2-7H2,1H3,(H2,16,17,18,19). The minimum absolute atomic E-state index is 0.146. The summed E-state index contributed by atoms with van der Waals surface area (Å²) in [6.07, 6.45) is -3.86. The fraction of sp³-hybridized carbons (Fsp3) is 0.667. The van der Waals surface area contributed by atoms with Gasteiger partial charge in [-0.05, 0) is 19.1 Å². The Morgan fingerprint density at radius 3 is 2.43 bits per heavy atom. The van der Waals surface area contributed by atoms with E-state index in [1.165, 1.54) is 6.07 Å². The molecule has 9 heteroatoms. The molecule has 0 unspecified atom stereocenters. The van der Waals surface area contributed by atoms with Crippen LogP contribution >= 0.6 is 11.8 Å². The van der Waals surface area contributed by atoms with Crippen LogP contribution in [-0.2, 0) is 6.18 Å². The minimum atomic E-state index is -4.57. The molecular formula is C12H19F3N4OS. The van der Waals surface area contributed by atoms with Crippen molar-refractivity contribution in [1.82, 2.24) is 9.97 Å². The number of nitrogens with one attached hydrogen (secondary N) is 2. The molecule has 0 aromatic carbocycles. The summed E-state index contributed by atoms with van der Waals surface area (Å²) in [6.45, 7) is 2.90. The van der Waals surface area contributed by atoms with E-state index in [0.29, 0.717) is 19.5 Å². The molecule has 0 aliphatic rings. The van der Waals surface area contributed by atoms with Crippen LogP contribution in [0.1, 0.15) is 19.2 Å². The fourth-order valence-corrected chi connectivity index (χ4v) is 2.24. The summed E-state index contributed by atoms with van der Waals surface area (Å²) in [5.41, 5.74) is 0. The molecule has 0 saturated carbocycles. The summed E-state index contributed by atoms with van der Waals surface area (Å²) in [5, 5.41) is 14.2. The number of thioether (sulfide) groups is 1. The van der Waals surface area contributed by atoms with Crippen molar-refractivity contribution < 1.29 is 18.3 Å². The summed E-state index contributed by atoms with van der Waals surface area (Å²) in [7, 11) is 0. The van der Waals surface area contributed by atoms with E-state index in [1.54, 1.807) is 18.7 Å². The Kier molecular flexibility index (Phi) is 7.58. The van der Waals surface area contributed by atoms with Gasteiger partial charge < -0.3 is 15.7 Å². The van der Waals surface area contributed by atoms with E-state index in [-0.39, 0.29) is 18.2 Å². The van der Waals surface area contributed by atoms with E-state index in [2.05, 4.69) is 20.6 Å². The smallest absolute Gasteiger partial charge is 0.396 e. The molecular weight excluding hydrogens is 305 g/mol. The second-order valence-electron chi connectivity index (χ2n) is 4.11. The first-order chi connectivity index (χ1) is 9.97. The van der Waals surface area contributed by atoms with Crippen LogP contribution in [0.5, 0.6) is 0 Å². The van der Waals surface area contributed by atoms with E-state index >= 15 is 0 Å². The Hall–Kier alpha value is -1.22. The van der Waals surface area contributed by atoms with E-state index < -0.39 is 12.0 Å². The highest BCUT2D eigenvalue weighted by Crippen LogP contribution is 2.28. The number of anilines is 2. The van der Waals surface area contributed by atoms with E-state index in [1.807, 2.05) is 0 Å². The van der Waals surface area contributed by atoms with Crippen LogP contribution in [0, 0.1) is 0 Å². The molecule has 0 amide bonds. The number of hydrogen-bond acceptors (Lipinski definition) is 6. The third-order valence-electron chi connectivity index (χ3n) is 2.34. The zero-order chi connectivity index (χ0) is 15.7. The van der Waals surface area contributed by atoms with Crippen LogP contribution < -0.4 is 10.6 Å². The van der Waals surface area contributed by atoms with Crippen LogP contribution in [0.2, 0.25) is 0 Å². The van der Waals surface area contributed by atoms with E-state index in [9.17, 15) is 13.2 Å². The number of nitrogens with zero attached hydrogens (tertiary/aromatic N) is 2. The van der Waals surface area contributed by atoms with Gasteiger partial charge in [0.2, 0.25) is 5.82 Å². The van der Waals surface area contributed by atoms with Crippen molar-refractivity contribution in [3.05, 3.63) is 11.9 Å². The molecule has 1 rings (SSSR count). The van der Waals surface area contributed by atoms with Gasteiger partial charge in [0.15, 0.2) is 0 Å². The van der Waals surface area contributed by atoms with Crippen molar-refractivity contribution in [1.29, 1.82) is 0 Å². The molecule has 0 fully saturated rings. The maximum Gasteiger partial charge on any atom is 0.451 e. The summed E-state index contributed by atoms with van der Waals surface area (Å²) in [5.74, 6) is 0.683. The molecule has 5 nitrogen and oxygen atoms in total. The predicted octanol–water partition coefficient (Wildman–Crippen LogP) is 2.45. The SMILES string of the molecule is CCNc1cc(NCCSCCCO)nc(C(F)(F)F)n1. The summed E-state index contributed by atoms with van der Waals surface area (Å²) in [6, 6.07) is 1.46. The number of halogens is 3. The Balaban J connectivity index is 2.61. The Labute approximate surface area is 125 Å². The van der Waals surface area contributed by atoms with Crippen LogP contribution in [0.3, 0.4) is 0 Å². The van der Waals surface area contributed by atoms with Crippen molar-refractivity contribution in [2.75, 3.05) is 41.8 Å². The highest BCUT2D eigenvalue weighted by Gasteiger charge is 2.35. The predicted molar refractivity (Wildman–Crippen MR) is 78.7 cm³/mol. The molecule has 1 aromatic heterocycles. The monoisotopic (exact) mass is 324 g/mol. The summed E-state index contributed by atoms with van der Waals surface area (Å²) in [4.78, 5) is 6.93. The van der Waals surface area contributed by atoms with Gasteiger partial charge in [-0.15, -0.1) is 0 Å². The van der Waals surface area contributed by atoms with Crippen LogP contribution in [0.4, 0.5) is 24.8 Å².